The highest BCUT2D eigenvalue weighted by molar-refractivity contribution is 6.31. The Morgan fingerprint density at radius 3 is 2.28 bits per heavy atom. The summed E-state index contributed by atoms with van der Waals surface area (Å²) in [7, 11) is 0. The number of aromatic hydroxyl groups is 1. The van der Waals surface area contributed by atoms with Gasteiger partial charge in [0, 0.05) is 11.6 Å². The summed E-state index contributed by atoms with van der Waals surface area (Å²) in [5.41, 5.74) is 0.961. The largest absolute Gasteiger partial charge is 0.507 e. The van der Waals surface area contributed by atoms with Gasteiger partial charge in [0.15, 0.2) is 0 Å². The predicted molar refractivity (Wildman–Crippen MR) is 88.5 cm³/mol. The van der Waals surface area contributed by atoms with E-state index in [9.17, 15) is 19.5 Å². The van der Waals surface area contributed by atoms with Crippen molar-refractivity contribution in [1.29, 1.82) is 0 Å². The normalized spacial score (nSPS) is 13.9. The van der Waals surface area contributed by atoms with Gasteiger partial charge in [0.2, 0.25) is 0 Å². The molecule has 0 spiro atoms. The highest BCUT2D eigenvalue weighted by Crippen LogP contribution is 2.26. The zero-order valence-corrected chi connectivity index (χ0v) is 13.0. The van der Waals surface area contributed by atoms with E-state index in [-0.39, 0.29) is 16.9 Å². The number of phenolic OH excluding ortho intramolecular Hbond substituents is 1. The first-order valence-electron chi connectivity index (χ1n) is 7.41. The van der Waals surface area contributed by atoms with Gasteiger partial charge in [-0.15, -0.1) is 0 Å². The van der Waals surface area contributed by atoms with Crippen LogP contribution in [-0.4, -0.2) is 23.0 Å². The van der Waals surface area contributed by atoms with Crippen molar-refractivity contribution < 1.29 is 24.2 Å². The quantitative estimate of drug-likeness (QED) is 0.581. The zero-order chi connectivity index (χ0) is 17.8. The summed E-state index contributed by atoms with van der Waals surface area (Å²) in [6, 6.07) is 13.2. The zero-order valence-electron chi connectivity index (χ0n) is 13.0. The number of nitrogens with one attached hydrogen (secondary N) is 2. The van der Waals surface area contributed by atoms with Crippen molar-refractivity contribution in [3.05, 3.63) is 65.2 Å². The van der Waals surface area contributed by atoms with E-state index >= 15 is 0 Å². The molecule has 1 heterocycles. The van der Waals surface area contributed by atoms with E-state index in [4.69, 9.17) is 4.74 Å². The Morgan fingerprint density at radius 2 is 1.64 bits per heavy atom. The number of imide groups is 2. The van der Waals surface area contributed by atoms with Crippen LogP contribution < -0.4 is 15.4 Å². The molecule has 0 aliphatic carbocycles. The summed E-state index contributed by atoms with van der Waals surface area (Å²) >= 11 is 0. The molecule has 126 valence electrons. The van der Waals surface area contributed by atoms with Crippen molar-refractivity contribution in [2.75, 3.05) is 0 Å². The first-order valence-corrected chi connectivity index (χ1v) is 7.41. The molecule has 25 heavy (non-hydrogen) atoms. The molecule has 7 heteroatoms. The van der Waals surface area contributed by atoms with Gasteiger partial charge in [-0.2, -0.15) is 0 Å². The van der Waals surface area contributed by atoms with Crippen LogP contribution in [0.4, 0.5) is 4.79 Å². The minimum Gasteiger partial charge on any atom is -0.507 e. The first kappa shape index (κ1) is 16.3. The van der Waals surface area contributed by atoms with E-state index in [0.717, 1.165) is 5.56 Å². The standard InChI is InChI=1S/C18H14N2O5/c21-15-9-13(25-10-11-4-2-1-3-5-11)7-6-12(15)8-14-16(22)19-18(24)20-17(14)23/h1-9,21H,10H2,(H2,19,20,22,23,24). The second-order valence-corrected chi connectivity index (χ2v) is 5.29. The maximum absolute atomic E-state index is 11.7. The number of benzene rings is 2. The minimum absolute atomic E-state index is 0.157. The van der Waals surface area contributed by atoms with Gasteiger partial charge in [0.1, 0.15) is 23.7 Å². The SMILES string of the molecule is O=C1NC(=O)C(=Cc2ccc(OCc3ccccc3)cc2O)C(=O)N1. The monoisotopic (exact) mass is 338 g/mol. The molecule has 1 saturated heterocycles. The lowest BCUT2D eigenvalue weighted by molar-refractivity contribution is -0.123. The molecule has 3 N–H and O–H groups in total. The summed E-state index contributed by atoms with van der Waals surface area (Å²) in [6.45, 7) is 0.341. The van der Waals surface area contributed by atoms with Crippen LogP contribution in [-0.2, 0) is 16.2 Å². The Hall–Kier alpha value is -3.61. The molecule has 0 aromatic heterocycles. The fraction of sp³-hybridized carbons (Fsp3) is 0.0556. The van der Waals surface area contributed by atoms with Crippen LogP contribution in [0.1, 0.15) is 11.1 Å². The van der Waals surface area contributed by atoms with Crippen LogP contribution in [0.25, 0.3) is 6.08 Å². The average molecular weight is 338 g/mol. The lowest BCUT2D eigenvalue weighted by atomic mass is 10.1. The van der Waals surface area contributed by atoms with Gasteiger partial charge in [0.25, 0.3) is 11.8 Å². The van der Waals surface area contributed by atoms with E-state index in [2.05, 4.69) is 0 Å². The van der Waals surface area contributed by atoms with Crippen LogP contribution in [0.3, 0.4) is 0 Å². The van der Waals surface area contributed by atoms with E-state index in [1.54, 1.807) is 6.07 Å². The Morgan fingerprint density at radius 1 is 0.960 bits per heavy atom. The molecule has 0 unspecified atom stereocenters. The highest BCUT2D eigenvalue weighted by Gasteiger charge is 2.27. The third kappa shape index (κ3) is 3.84. The number of rotatable bonds is 4. The smallest absolute Gasteiger partial charge is 0.328 e. The molecule has 1 aliphatic rings. The maximum Gasteiger partial charge on any atom is 0.328 e. The summed E-state index contributed by atoms with van der Waals surface area (Å²) in [4.78, 5) is 34.4. The van der Waals surface area contributed by atoms with E-state index < -0.39 is 17.8 Å². The Balaban J connectivity index is 1.76. The van der Waals surface area contributed by atoms with E-state index in [1.165, 1.54) is 18.2 Å². The average Bonchev–Trinajstić information content (AvgIpc) is 2.58. The molecule has 2 aromatic carbocycles. The fourth-order valence-corrected chi connectivity index (χ4v) is 2.24. The van der Waals surface area contributed by atoms with Crippen molar-refractivity contribution in [1.82, 2.24) is 10.6 Å². The van der Waals surface area contributed by atoms with Crippen molar-refractivity contribution in [2.24, 2.45) is 0 Å². The van der Waals surface area contributed by atoms with Crippen molar-refractivity contribution in [3.63, 3.8) is 0 Å². The number of hydrogen-bond acceptors (Lipinski definition) is 5. The summed E-state index contributed by atoms with van der Waals surface area (Å²) in [6.07, 6.45) is 1.20. The number of phenols is 1. The van der Waals surface area contributed by atoms with Gasteiger partial charge < -0.3 is 9.84 Å². The molecular weight excluding hydrogens is 324 g/mol. The number of ether oxygens (including phenoxy) is 1. The maximum atomic E-state index is 11.7. The highest BCUT2D eigenvalue weighted by atomic mass is 16.5. The second-order valence-electron chi connectivity index (χ2n) is 5.29. The molecule has 7 nitrogen and oxygen atoms in total. The Labute approximate surface area is 142 Å². The third-order valence-corrected chi connectivity index (χ3v) is 3.49. The van der Waals surface area contributed by atoms with Crippen molar-refractivity contribution in [2.45, 2.75) is 6.61 Å². The van der Waals surface area contributed by atoms with Gasteiger partial charge >= 0.3 is 6.03 Å². The lowest BCUT2D eigenvalue weighted by Crippen LogP contribution is -2.51. The van der Waals surface area contributed by atoms with Crippen LogP contribution in [0, 0.1) is 0 Å². The minimum atomic E-state index is -0.874. The third-order valence-electron chi connectivity index (χ3n) is 3.49. The Kier molecular flexibility index (Phi) is 4.47. The molecule has 2 aromatic rings. The first-order chi connectivity index (χ1) is 12.0. The summed E-state index contributed by atoms with van der Waals surface area (Å²) in [5.74, 6) is -1.36. The molecule has 0 bridgehead atoms. The fourth-order valence-electron chi connectivity index (χ4n) is 2.24. The molecule has 0 radical (unpaired) electrons. The number of urea groups is 1. The summed E-state index contributed by atoms with van der Waals surface area (Å²) < 4.78 is 5.59. The molecule has 4 amide bonds. The van der Waals surface area contributed by atoms with Crippen LogP contribution in [0.5, 0.6) is 11.5 Å². The van der Waals surface area contributed by atoms with E-state index in [1.807, 2.05) is 41.0 Å². The second kappa shape index (κ2) is 6.88. The lowest BCUT2D eigenvalue weighted by Gasteiger charge is -2.14. The Bertz CT molecular complexity index is 852. The number of carbonyl (C=O) groups excluding carboxylic acids is 3. The molecule has 1 fully saturated rings. The van der Waals surface area contributed by atoms with Gasteiger partial charge in [-0.1, -0.05) is 30.3 Å². The van der Waals surface area contributed by atoms with E-state index in [0.29, 0.717) is 12.4 Å². The van der Waals surface area contributed by atoms with Gasteiger partial charge in [-0.3, -0.25) is 20.2 Å². The molecule has 3 rings (SSSR count). The number of hydrogen-bond donors (Lipinski definition) is 3. The molecular formula is C18H14N2O5. The summed E-state index contributed by atoms with van der Waals surface area (Å²) in [5, 5.41) is 14.0. The van der Waals surface area contributed by atoms with Crippen molar-refractivity contribution in [3.8, 4) is 11.5 Å². The van der Waals surface area contributed by atoms with Gasteiger partial charge in [-0.05, 0) is 23.8 Å². The topological polar surface area (TPSA) is 105 Å². The molecule has 0 saturated carbocycles. The van der Waals surface area contributed by atoms with Gasteiger partial charge in [-0.25, -0.2) is 4.79 Å². The van der Waals surface area contributed by atoms with Crippen LogP contribution >= 0.6 is 0 Å². The van der Waals surface area contributed by atoms with Crippen LogP contribution in [0.2, 0.25) is 0 Å². The number of carbonyl (C=O) groups is 3. The van der Waals surface area contributed by atoms with Crippen LogP contribution in [0.15, 0.2) is 54.1 Å². The number of barbiturate groups is 1. The van der Waals surface area contributed by atoms with Crippen molar-refractivity contribution >= 4 is 23.9 Å². The molecule has 0 atom stereocenters. The molecule has 1 aliphatic heterocycles. The predicted octanol–water partition coefficient (Wildman–Crippen LogP) is 1.72. The van der Waals surface area contributed by atoms with Gasteiger partial charge in [0.05, 0.1) is 0 Å². The number of amides is 4.